The number of anilines is 2. The summed E-state index contributed by atoms with van der Waals surface area (Å²) in [5.41, 5.74) is 5.95. The Morgan fingerprint density at radius 1 is 1.02 bits per heavy atom. The fourth-order valence-corrected chi connectivity index (χ4v) is 5.53. The van der Waals surface area contributed by atoms with Crippen LogP contribution in [0.2, 0.25) is 0 Å². The zero-order valence-electron chi connectivity index (χ0n) is 26.1. The highest BCUT2D eigenvalue weighted by Crippen LogP contribution is 2.45. The van der Waals surface area contributed by atoms with Gasteiger partial charge in [-0.05, 0) is 57.2 Å². The van der Waals surface area contributed by atoms with Crippen LogP contribution in [0.1, 0.15) is 45.1 Å². The summed E-state index contributed by atoms with van der Waals surface area (Å²) < 4.78 is 31.5. The molecule has 3 N–H and O–H groups in total. The molecule has 2 aromatic carbocycles. The van der Waals surface area contributed by atoms with Crippen LogP contribution in [0, 0.1) is 23.1 Å². The fraction of sp³-hybridized carbons (Fsp3) is 0.394. The van der Waals surface area contributed by atoms with E-state index < -0.39 is 29.3 Å². The molecule has 0 aromatic heterocycles. The third-order valence-electron chi connectivity index (χ3n) is 7.67. The first-order chi connectivity index (χ1) is 21.4. The summed E-state index contributed by atoms with van der Waals surface area (Å²) >= 11 is 0. The third kappa shape index (κ3) is 7.03. The van der Waals surface area contributed by atoms with Gasteiger partial charge < -0.3 is 30.2 Å². The van der Waals surface area contributed by atoms with Crippen molar-refractivity contribution in [2.24, 2.45) is 11.7 Å². The van der Waals surface area contributed by atoms with Gasteiger partial charge in [0.05, 0.1) is 43.0 Å². The lowest BCUT2D eigenvalue weighted by Gasteiger charge is -2.37. The summed E-state index contributed by atoms with van der Waals surface area (Å²) in [6, 6.07) is 14.9. The number of nitrogens with two attached hydrogens (primary N) is 1. The van der Waals surface area contributed by atoms with Crippen molar-refractivity contribution in [3.05, 3.63) is 82.6 Å². The van der Waals surface area contributed by atoms with Gasteiger partial charge in [0.2, 0.25) is 0 Å². The molecule has 12 heteroatoms. The summed E-state index contributed by atoms with van der Waals surface area (Å²) in [6.45, 7) is 6.87. The van der Waals surface area contributed by atoms with Crippen molar-refractivity contribution in [3.63, 3.8) is 0 Å². The Morgan fingerprint density at radius 3 is 2.24 bits per heavy atom. The first-order valence-electron chi connectivity index (χ1n) is 14.6. The number of nitrogens with one attached hydrogen (secondary N) is 1. The van der Waals surface area contributed by atoms with E-state index in [1.165, 1.54) is 12.1 Å². The second kappa shape index (κ2) is 13.7. The molecular formula is C33H38FN5O6. The number of hydrogen-bond acceptors (Lipinski definition) is 10. The molecule has 0 spiro atoms. The smallest absolute Gasteiger partial charge is 0.410 e. The van der Waals surface area contributed by atoms with Crippen LogP contribution in [-0.4, -0.2) is 62.4 Å². The molecule has 2 aliphatic rings. The number of benzene rings is 2. The number of carbonyl (C=O) groups excluding carboxylic acids is 3. The highest BCUT2D eigenvalue weighted by molar-refractivity contribution is 6.07. The van der Waals surface area contributed by atoms with Gasteiger partial charge in [-0.25, -0.2) is 18.8 Å². The topological polar surface area (TPSA) is 147 Å². The zero-order valence-corrected chi connectivity index (χ0v) is 26.1. The molecule has 1 unspecified atom stereocenters. The number of halogens is 1. The lowest BCUT2D eigenvalue weighted by Crippen LogP contribution is -2.43. The number of esters is 2. The first kappa shape index (κ1) is 32.9. The number of para-hydroxylation sites is 1. The van der Waals surface area contributed by atoms with Crippen LogP contribution >= 0.6 is 0 Å². The second-order valence-corrected chi connectivity index (χ2v) is 11.8. The predicted molar refractivity (Wildman–Crippen MR) is 165 cm³/mol. The Bertz CT molecular complexity index is 1550. The van der Waals surface area contributed by atoms with E-state index in [4.69, 9.17) is 19.9 Å². The van der Waals surface area contributed by atoms with Crippen molar-refractivity contribution in [2.75, 3.05) is 44.1 Å². The van der Waals surface area contributed by atoms with Crippen LogP contribution in [-0.2, 0) is 23.8 Å². The van der Waals surface area contributed by atoms with E-state index in [1.807, 2.05) is 20.8 Å². The minimum Gasteiger partial charge on any atom is -0.466 e. The van der Waals surface area contributed by atoms with Gasteiger partial charge in [0, 0.05) is 19.6 Å². The Kier molecular flexibility index (Phi) is 10.0. The Hall–Kier alpha value is -5.05. The van der Waals surface area contributed by atoms with Crippen LogP contribution in [0.4, 0.5) is 20.6 Å². The number of amides is 1. The lowest BCUT2D eigenvalue weighted by molar-refractivity contribution is -0.139. The summed E-state index contributed by atoms with van der Waals surface area (Å²) in [7, 11) is 2.28. The molecule has 1 atom stereocenters. The molecular weight excluding hydrogens is 581 g/mol. The van der Waals surface area contributed by atoms with Gasteiger partial charge in [-0.3, -0.25) is 4.90 Å². The minimum absolute atomic E-state index is 0.0713. The average Bonchev–Trinajstić information content (AvgIpc) is 3.02. The van der Waals surface area contributed by atoms with Crippen molar-refractivity contribution < 1.29 is 33.0 Å². The van der Waals surface area contributed by atoms with E-state index in [-0.39, 0.29) is 46.1 Å². The van der Waals surface area contributed by atoms with Gasteiger partial charge >= 0.3 is 18.0 Å². The fourth-order valence-electron chi connectivity index (χ4n) is 5.53. The molecule has 0 bridgehead atoms. The van der Waals surface area contributed by atoms with Crippen molar-refractivity contribution in [3.8, 4) is 6.07 Å². The summed E-state index contributed by atoms with van der Waals surface area (Å²) in [6.07, 6.45) is 0.999. The Balaban J connectivity index is 1.73. The van der Waals surface area contributed by atoms with E-state index in [1.54, 1.807) is 41.3 Å². The van der Waals surface area contributed by atoms with Crippen molar-refractivity contribution in [1.82, 2.24) is 4.90 Å². The van der Waals surface area contributed by atoms with Crippen LogP contribution in [0.3, 0.4) is 0 Å². The van der Waals surface area contributed by atoms with Gasteiger partial charge in [0.25, 0.3) is 0 Å². The molecule has 4 rings (SSSR count). The molecule has 2 aromatic rings. The molecule has 1 fully saturated rings. The summed E-state index contributed by atoms with van der Waals surface area (Å²) in [5.74, 6) is -3.82. The van der Waals surface area contributed by atoms with Crippen LogP contribution < -0.4 is 16.0 Å². The number of ether oxygens (including phenoxy) is 3. The van der Waals surface area contributed by atoms with Gasteiger partial charge in [0.15, 0.2) is 0 Å². The Morgan fingerprint density at radius 2 is 1.67 bits per heavy atom. The zero-order chi connectivity index (χ0) is 32.9. The molecule has 11 nitrogen and oxygen atoms in total. The first-order valence-corrected chi connectivity index (χ1v) is 14.6. The lowest BCUT2D eigenvalue weighted by atomic mass is 9.81. The monoisotopic (exact) mass is 619 g/mol. The quantitative estimate of drug-likeness (QED) is 0.328. The number of nitrogens with zero attached hydrogens (tertiary/aromatic N) is 3. The molecule has 0 radical (unpaired) electrons. The summed E-state index contributed by atoms with van der Waals surface area (Å²) in [5, 5.41) is 13.6. The summed E-state index contributed by atoms with van der Waals surface area (Å²) in [4.78, 5) is 42.0. The largest absolute Gasteiger partial charge is 0.466 e. The minimum atomic E-state index is -1.08. The molecule has 238 valence electrons. The van der Waals surface area contributed by atoms with Crippen molar-refractivity contribution >= 4 is 29.4 Å². The van der Waals surface area contributed by atoms with Gasteiger partial charge in [-0.15, -0.1) is 0 Å². The molecule has 45 heavy (non-hydrogen) atoms. The highest BCUT2D eigenvalue weighted by Gasteiger charge is 2.44. The van der Waals surface area contributed by atoms with Crippen molar-refractivity contribution in [2.45, 2.75) is 45.1 Å². The SMILES string of the molecule is COC(=O)C1=C(C(=O)OC)N(c2c(F)cccc2NCC2CCN(C(=O)OC(C)(C)C)CC2)C(N)=C(C#N)C1c1ccccc1. The predicted octanol–water partition coefficient (Wildman–Crippen LogP) is 4.78. The average molecular weight is 620 g/mol. The highest BCUT2D eigenvalue weighted by atomic mass is 19.1. The van der Waals surface area contributed by atoms with Crippen LogP contribution in [0.15, 0.2) is 71.2 Å². The number of rotatable bonds is 7. The number of carbonyl (C=O) groups is 3. The second-order valence-electron chi connectivity index (χ2n) is 11.8. The van der Waals surface area contributed by atoms with Gasteiger partial charge in [-0.2, -0.15) is 5.26 Å². The van der Waals surface area contributed by atoms with E-state index in [0.29, 0.717) is 38.0 Å². The third-order valence-corrected chi connectivity index (χ3v) is 7.67. The molecule has 2 aliphatic heterocycles. The number of methoxy groups -OCH3 is 2. The maximum absolute atomic E-state index is 15.9. The maximum Gasteiger partial charge on any atom is 0.410 e. The van der Waals surface area contributed by atoms with Crippen LogP contribution in [0.25, 0.3) is 0 Å². The standard InChI is InChI=1S/C33H38FN5O6/c1-33(2,3)45-32(42)38-16-14-20(15-17-38)19-37-24-13-9-12-23(34)27(24)39-28(31(41)44-5)26(30(40)43-4)25(22(18-35)29(39)36)21-10-7-6-8-11-21/h6-13,20,25,37H,14-17,19,36H2,1-5H3. The van der Waals surface area contributed by atoms with Crippen LogP contribution in [0.5, 0.6) is 0 Å². The van der Waals surface area contributed by atoms with E-state index >= 15 is 4.39 Å². The number of likely N-dealkylation sites (tertiary alicyclic amines) is 1. The van der Waals surface area contributed by atoms with Gasteiger partial charge in [0.1, 0.15) is 28.6 Å². The van der Waals surface area contributed by atoms with E-state index in [0.717, 1.165) is 19.1 Å². The number of allylic oxidation sites excluding steroid dienone is 1. The number of piperidine rings is 1. The number of hydrogen-bond donors (Lipinski definition) is 2. The number of nitriles is 1. The molecule has 2 heterocycles. The van der Waals surface area contributed by atoms with Crippen molar-refractivity contribution in [1.29, 1.82) is 5.26 Å². The normalized spacial score (nSPS) is 17.5. The van der Waals surface area contributed by atoms with E-state index in [2.05, 4.69) is 11.4 Å². The van der Waals surface area contributed by atoms with Gasteiger partial charge in [-0.1, -0.05) is 36.4 Å². The van der Waals surface area contributed by atoms with E-state index in [9.17, 15) is 19.6 Å². The Labute approximate surface area is 262 Å². The molecule has 1 amide bonds. The molecule has 0 saturated carbocycles. The molecule has 0 aliphatic carbocycles. The molecule has 1 saturated heterocycles. The maximum atomic E-state index is 15.9.